The fourth-order valence-electron chi connectivity index (χ4n) is 3.86. The van der Waals surface area contributed by atoms with Crippen molar-refractivity contribution in [1.29, 1.82) is 0 Å². The average molecular weight is 535 g/mol. The van der Waals surface area contributed by atoms with E-state index in [9.17, 15) is 24.5 Å². The first-order valence-electron chi connectivity index (χ1n) is 11.9. The molecular weight excluding hydrogens is 508 g/mol. The van der Waals surface area contributed by atoms with Crippen LogP contribution in [0.15, 0.2) is 63.1 Å². The van der Waals surface area contributed by atoms with E-state index in [0.717, 1.165) is 35.6 Å². The number of rotatable bonds is 9. The maximum atomic E-state index is 13.0. The number of hydrogen-bond donors (Lipinski definition) is 1. The summed E-state index contributed by atoms with van der Waals surface area (Å²) < 4.78 is 2.19. The van der Waals surface area contributed by atoms with Gasteiger partial charge in [-0.05, 0) is 42.7 Å². The smallest absolute Gasteiger partial charge is 0.325 e. The predicted octanol–water partition coefficient (Wildman–Crippen LogP) is 3.68. The number of hydrogen-bond acceptors (Lipinski definition) is 8. The van der Waals surface area contributed by atoms with Crippen molar-refractivity contribution in [2.75, 3.05) is 11.1 Å². The lowest BCUT2D eigenvalue weighted by Crippen LogP contribution is -2.37. The molecule has 0 aliphatic carbocycles. The minimum absolute atomic E-state index is 0.0462. The van der Waals surface area contributed by atoms with Crippen molar-refractivity contribution in [2.45, 2.75) is 31.2 Å². The van der Waals surface area contributed by atoms with Crippen LogP contribution in [0.5, 0.6) is 0 Å². The Balaban J connectivity index is 1.65. The number of non-ortho nitro benzene ring substituents is 1. The maximum Gasteiger partial charge on any atom is 0.332 e. The van der Waals surface area contributed by atoms with Gasteiger partial charge >= 0.3 is 5.69 Å². The third-order valence-corrected chi connectivity index (χ3v) is 6.98. The highest BCUT2D eigenvalue weighted by Gasteiger charge is 2.19. The van der Waals surface area contributed by atoms with Gasteiger partial charge in [0.2, 0.25) is 5.91 Å². The van der Waals surface area contributed by atoms with Gasteiger partial charge in [-0.3, -0.25) is 28.8 Å². The van der Waals surface area contributed by atoms with Gasteiger partial charge in [0.15, 0.2) is 11.5 Å². The van der Waals surface area contributed by atoms with Crippen molar-refractivity contribution >= 4 is 40.1 Å². The lowest BCUT2D eigenvalue weighted by molar-refractivity contribution is -0.384. The third kappa shape index (κ3) is 5.65. The van der Waals surface area contributed by atoms with Gasteiger partial charge in [-0.1, -0.05) is 37.2 Å². The Bertz CT molecular complexity index is 1630. The Morgan fingerprint density at radius 2 is 1.71 bits per heavy atom. The van der Waals surface area contributed by atoms with Crippen LogP contribution in [-0.2, 0) is 25.3 Å². The van der Waals surface area contributed by atoms with Crippen LogP contribution in [0.1, 0.15) is 25.3 Å². The fraction of sp³-hybridized carbons (Fsp3) is 0.269. The van der Waals surface area contributed by atoms with E-state index in [-0.39, 0.29) is 39.2 Å². The summed E-state index contributed by atoms with van der Waals surface area (Å²) in [6, 6.07) is 13.3. The van der Waals surface area contributed by atoms with Gasteiger partial charge in [-0.25, -0.2) is 14.8 Å². The number of aromatic nitrogens is 4. The Labute approximate surface area is 221 Å². The molecule has 0 radical (unpaired) electrons. The van der Waals surface area contributed by atoms with E-state index in [1.54, 1.807) is 0 Å². The number of amides is 1. The second kappa shape index (κ2) is 11.4. The topological polar surface area (TPSA) is 142 Å². The normalized spacial score (nSPS) is 11.0. The molecule has 0 bridgehead atoms. The van der Waals surface area contributed by atoms with Crippen molar-refractivity contribution in [1.82, 2.24) is 19.1 Å². The first kappa shape index (κ1) is 26.7. The summed E-state index contributed by atoms with van der Waals surface area (Å²) in [4.78, 5) is 57.7. The molecule has 0 unspecified atom stereocenters. The molecule has 11 nitrogen and oxygen atoms in total. The zero-order valence-electron chi connectivity index (χ0n) is 21.1. The number of nitro groups is 1. The number of anilines is 1. The zero-order valence-corrected chi connectivity index (χ0v) is 21.9. The summed E-state index contributed by atoms with van der Waals surface area (Å²) in [5, 5.41) is 14.2. The number of carbonyl (C=O) groups excluding carboxylic acids is 1. The number of nitrogens with zero attached hydrogens (tertiary/aromatic N) is 5. The molecule has 0 saturated carbocycles. The summed E-state index contributed by atoms with van der Waals surface area (Å²) >= 11 is 1.05. The van der Waals surface area contributed by atoms with E-state index in [1.165, 1.54) is 48.5 Å². The Kier molecular flexibility index (Phi) is 8.01. The molecule has 4 aromatic rings. The van der Waals surface area contributed by atoms with Gasteiger partial charge in [0.25, 0.3) is 11.2 Å². The van der Waals surface area contributed by atoms with E-state index < -0.39 is 16.2 Å². The number of carbonyl (C=O) groups is 1. The van der Waals surface area contributed by atoms with Crippen molar-refractivity contribution < 1.29 is 9.72 Å². The summed E-state index contributed by atoms with van der Waals surface area (Å²) in [6.07, 6.45) is 3.19. The van der Waals surface area contributed by atoms with E-state index in [1.807, 2.05) is 24.3 Å². The van der Waals surface area contributed by atoms with Crippen molar-refractivity contribution in [3.8, 4) is 11.4 Å². The number of aryl methyl sites for hydroxylation is 2. The van der Waals surface area contributed by atoms with Gasteiger partial charge in [-0.15, -0.1) is 0 Å². The molecule has 0 aliphatic heterocycles. The number of thioether (sulfide) groups is 1. The van der Waals surface area contributed by atoms with Gasteiger partial charge < -0.3 is 5.32 Å². The minimum atomic E-state index is -0.580. The minimum Gasteiger partial charge on any atom is -0.325 e. The number of benzene rings is 2. The van der Waals surface area contributed by atoms with Crippen LogP contribution < -0.4 is 16.6 Å². The highest BCUT2D eigenvalue weighted by molar-refractivity contribution is 8.00. The van der Waals surface area contributed by atoms with Crippen LogP contribution in [0.4, 0.5) is 11.4 Å². The number of fused-ring (bicyclic) bond motifs is 1. The molecule has 1 amide bonds. The standard InChI is InChI=1S/C26H26N6O5S/c1-4-5-6-16-7-11-18(12-8-16)27-20(33)15-38-24-21-23(30(2)26(35)31(3)25(21)34)28-22(29-24)17-9-13-19(14-10-17)32(36)37/h7-14H,4-6,15H2,1-3H3,(H,27,33). The Hall–Kier alpha value is -4.32. The van der Waals surface area contributed by atoms with Crippen LogP contribution in [-0.4, -0.2) is 35.7 Å². The Morgan fingerprint density at radius 1 is 1.03 bits per heavy atom. The predicted molar refractivity (Wildman–Crippen MR) is 147 cm³/mol. The van der Waals surface area contributed by atoms with E-state index in [0.29, 0.717) is 11.3 Å². The van der Waals surface area contributed by atoms with Gasteiger partial charge in [0.05, 0.1) is 10.7 Å². The summed E-state index contributed by atoms with van der Waals surface area (Å²) in [7, 11) is 2.85. The SMILES string of the molecule is CCCCc1ccc(NC(=O)CSc2nc(-c3ccc([N+](=O)[O-])cc3)nc3c2c(=O)n(C)c(=O)n3C)cc1. The molecule has 12 heteroatoms. The maximum absolute atomic E-state index is 13.0. The van der Waals surface area contributed by atoms with Gasteiger partial charge in [0, 0.05) is 37.5 Å². The molecule has 1 N–H and O–H groups in total. The molecule has 2 aromatic carbocycles. The molecule has 0 aliphatic rings. The van der Waals surface area contributed by atoms with Gasteiger partial charge in [0.1, 0.15) is 10.4 Å². The molecule has 2 aromatic heterocycles. The monoisotopic (exact) mass is 534 g/mol. The third-order valence-electron chi connectivity index (χ3n) is 6.00. The average Bonchev–Trinajstić information content (AvgIpc) is 2.93. The van der Waals surface area contributed by atoms with E-state index >= 15 is 0 Å². The molecule has 38 heavy (non-hydrogen) atoms. The second-order valence-corrected chi connectivity index (χ2v) is 9.66. The summed E-state index contributed by atoms with van der Waals surface area (Å²) in [5.74, 6) is -0.169. The zero-order chi connectivity index (χ0) is 27.4. The van der Waals surface area contributed by atoms with Crippen LogP contribution >= 0.6 is 11.8 Å². The number of nitro benzene ring substituents is 1. The molecule has 0 fully saturated rings. The molecule has 0 atom stereocenters. The lowest BCUT2D eigenvalue weighted by atomic mass is 10.1. The molecule has 0 spiro atoms. The Morgan fingerprint density at radius 3 is 2.34 bits per heavy atom. The lowest BCUT2D eigenvalue weighted by Gasteiger charge is -2.12. The first-order valence-corrected chi connectivity index (χ1v) is 12.9. The van der Waals surface area contributed by atoms with Crippen LogP contribution in [0.3, 0.4) is 0 Å². The van der Waals surface area contributed by atoms with Crippen molar-refractivity contribution in [2.24, 2.45) is 14.1 Å². The number of unbranched alkanes of at least 4 members (excludes halogenated alkanes) is 1. The van der Waals surface area contributed by atoms with E-state index in [4.69, 9.17) is 0 Å². The van der Waals surface area contributed by atoms with Crippen molar-refractivity contribution in [3.05, 3.63) is 85.0 Å². The van der Waals surface area contributed by atoms with Crippen LogP contribution in [0.2, 0.25) is 0 Å². The number of nitrogens with one attached hydrogen (secondary N) is 1. The molecule has 0 saturated heterocycles. The van der Waals surface area contributed by atoms with Crippen LogP contribution in [0.25, 0.3) is 22.4 Å². The fourth-order valence-corrected chi connectivity index (χ4v) is 4.68. The quantitative estimate of drug-likeness (QED) is 0.148. The molecule has 2 heterocycles. The highest BCUT2D eigenvalue weighted by atomic mass is 32.2. The molecule has 4 rings (SSSR count). The largest absolute Gasteiger partial charge is 0.332 e. The van der Waals surface area contributed by atoms with Crippen molar-refractivity contribution in [3.63, 3.8) is 0 Å². The second-order valence-electron chi connectivity index (χ2n) is 8.70. The first-order chi connectivity index (χ1) is 18.2. The summed E-state index contributed by atoms with van der Waals surface area (Å²) in [6.45, 7) is 2.14. The van der Waals surface area contributed by atoms with E-state index in [2.05, 4.69) is 22.2 Å². The highest BCUT2D eigenvalue weighted by Crippen LogP contribution is 2.27. The molecular formula is C26H26N6O5S. The molecule has 196 valence electrons. The summed E-state index contributed by atoms with van der Waals surface area (Å²) in [5.41, 5.74) is 1.18. The van der Waals surface area contributed by atoms with Gasteiger partial charge in [-0.2, -0.15) is 0 Å². The van der Waals surface area contributed by atoms with Crippen LogP contribution in [0, 0.1) is 10.1 Å².